The molecule has 0 fully saturated rings. The highest BCUT2D eigenvalue weighted by molar-refractivity contribution is 5.40. The van der Waals surface area contributed by atoms with Crippen molar-refractivity contribution in [3.05, 3.63) is 29.6 Å². The Bertz CT molecular complexity index is 403. The molecule has 0 aliphatic carbocycles. The number of unbranched alkanes of at least 4 members (excludes halogenated alkanes) is 6. The van der Waals surface area contributed by atoms with Gasteiger partial charge in [-0.25, -0.2) is 4.39 Å². The van der Waals surface area contributed by atoms with Gasteiger partial charge in [0.15, 0.2) is 0 Å². The first kappa shape index (κ1) is 18.8. The van der Waals surface area contributed by atoms with Crippen molar-refractivity contribution >= 4 is 5.69 Å². The molecule has 1 aromatic rings. The van der Waals surface area contributed by atoms with Gasteiger partial charge in [0.25, 0.3) is 0 Å². The Morgan fingerprint density at radius 1 is 1.05 bits per heavy atom. The van der Waals surface area contributed by atoms with E-state index in [2.05, 4.69) is 38.2 Å². The quantitative estimate of drug-likeness (QED) is 0.455. The zero-order valence-electron chi connectivity index (χ0n) is 14.6. The molecule has 1 rings (SSSR count). The van der Waals surface area contributed by atoms with E-state index in [9.17, 15) is 4.39 Å². The molecule has 1 nitrogen and oxygen atoms in total. The standard InChI is InChI=1S/C20H32FN/c1-4-6-7-8-9-10-11-12-18-13-14-19(15-20(18)21)22-16-17(3)5-2/h15,17,22H,4-12,16H2,1-3H3. The molecule has 0 spiro atoms. The summed E-state index contributed by atoms with van der Waals surface area (Å²) in [7, 11) is 0. The summed E-state index contributed by atoms with van der Waals surface area (Å²) in [4.78, 5) is 0. The van der Waals surface area contributed by atoms with Crippen LogP contribution in [0.1, 0.15) is 77.7 Å². The average Bonchev–Trinajstić information content (AvgIpc) is 2.53. The number of hydrogen-bond acceptors (Lipinski definition) is 1. The van der Waals surface area contributed by atoms with E-state index in [1.807, 2.05) is 0 Å². The van der Waals surface area contributed by atoms with E-state index in [-0.39, 0.29) is 5.82 Å². The summed E-state index contributed by atoms with van der Waals surface area (Å²) in [5, 5.41) is 3.23. The third-order valence-corrected chi connectivity index (χ3v) is 4.28. The fourth-order valence-corrected chi connectivity index (χ4v) is 2.42. The Labute approximate surface area is 136 Å². The molecule has 0 heterocycles. The minimum Gasteiger partial charge on any atom is -0.378 e. The van der Waals surface area contributed by atoms with Gasteiger partial charge in [-0.1, -0.05) is 71.8 Å². The summed E-state index contributed by atoms with van der Waals surface area (Å²) in [6.45, 7) is 7.43. The lowest BCUT2D eigenvalue weighted by Gasteiger charge is -2.10. The van der Waals surface area contributed by atoms with Gasteiger partial charge in [-0.05, 0) is 24.8 Å². The van der Waals surface area contributed by atoms with Gasteiger partial charge >= 0.3 is 0 Å². The van der Waals surface area contributed by atoms with Crippen molar-refractivity contribution in [2.75, 3.05) is 11.9 Å². The van der Waals surface area contributed by atoms with Crippen molar-refractivity contribution in [1.82, 2.24) is 0 Å². The lowest BCUT2D eigenvalue weighted by Crippen LogP contribution is -2.10. The van der Waals surface area contributed by atoms with Crippen molar-refractivity contribution in [3.63, 3.8) is 0 Å². The summed E-state index contributed by atoms with van der Waals surface area (Å²) in [5.74, 6) is 0.445. The molecule has 0 saturated heterocycles. The fraction of sp³-hybridized carbons (Fsp3) is 0.700. The maximum absolute atomic E-state index is 14.0. The van der Waals surface area contributed by atoms with Crippen LogP contribution in [0.25, 0.3) is 0 Å². The lowest BCUT2D eigenvalue weighted by atomic mass is 10.0. The number of anilines is 1. The van der Waals surface area contributed by atoms with Gasteiger partial charge in [0.05, 0.1) is 5.69 Å². The maximum atomic E-state index is 14.0. The first-order chi connectivity index (χ1) is 10.7. The molecule has 1 unspecified atom stereocenters. The molecule has 0 aliphatic heterocycles. The topological polar surface area (TPSA) is 12.0 Å². The smallest absolute Gasteiger partial charge is 0.137 e. The number of rotatable bonds is 12. The molecule has 0 saturated carbocycles. The van der Waals surface area contributed by atoms with Crippen LogP contribution in [-0.4, -0.2) is 6.54 Å². The summed E-state index contributed by atoms with van der Waals surface area (Å²) >= 11 is 0. The molecule has 0 amide bonds. The normalized spacial score (nSPS) is 12.0. The minimum atomic E-state index is -0.142. The predicted molar refractivity (Wildman–Crippen MR) is 93.7 cm³/mol. The fourth-order valence-electron chi connectivity index (χ4n) is 2.42. The van der Waals surface area contributed by atoms with E-state index in [1.54, 1.807) is 6.07 Å². The van der Waals surface area contributed by atoms with Crippen LogP contribution in [-0.2, 0) is 6.42 Å². The van der Waals surface area contributed by atoms with E-state index in [4.69, 9.17) is 0 Å². The first-order valence-electron chi connectivity index (χ1n) is 9.03. The Morgan fingerprint density at radius 3 is 2.36 bits per heavy atom. The summed E-state index contributed by atoms with van der Waals surface area (Å²) < 4.78 is 14.0. The van der Waals surface area contributed by atoms with Crippen LogP contribution in [0.3, 0.4) is 0 Å². The third kappa shape index (κ3) is 7.69. The highest BCUT2D eigenvalue weighted by Crippen LogP contribution is 2.15. The van der Waals surface area contributed by atoms with Gasteiger partial charge in [-0.3, -0.25) is 0 Å². The van der Waals surface area contributed by atoms with Gasteiger partial charge in [0.1, 0.15) is 5.82 Å². The molecular formula is C20H32FN. The predicted octanol–water partition coefficient (Wildman–Crippen LogP) is 6.18. The second-order valence-electron chi connectivity index (χ2n) is 6.40. The monoisotopic (exact) mass is 305 g/mol. The van der Waals surface area contributed by atoms with Crippen molar-refractivity contribution < 1.29 is 4.39 Å². The Kier molecular flexibility index (Phi) is 9.71. The average molecular weight is 305 g/mol. The van der Waals surface area contributed by atoms with E-state index in [1.165, 1.54) is 38.5 Å². The van der Waals surface area contributed by atoms with Gasteiger partial charge in [-0.2, -0.15) is 0 Å². The van der Waals surface area contributed by atoms with Gasteiger partial charge < -0.3 is 5.32 Å². The molecular weight excluding hydrogens is 273 g/mol. The molecule has 2 heteroatoms. The largest absolute Gasteiger partial charge is 0.378 e. The Morgan fingerprint density at radius 2 is 1.73 bits per heavy atom. The molecule has 22 heavy (non-hydrogen) atoms. The van der Waals surface area contributed by atoms with Crippen LogP contribution < -0.4 is 5.32 Å². The summed E-state index contributed by atoms with van der Waals surface area (Å²) in [5.41, 5.74) is 1.41. The van der Waals surface area contributed by atoms with E-state index < -0.39 is 0 Å². The van der Waals surface area contributed by atoms with Crippen LogP contribution in [0.5, 0.6) is 0 Å². The Hall–Kier alpha value is -1.23. The van der Waals surface area contributed by atoms with Crippen molar-refractivity contribution in [2.45, 2.75) is 78.6 Å². The van der Waals surface area contributed by atoms with E-state index in [0.29, 0.717) is 11.5 Å². The van der Waals surface area contributed by atoms with Gasteiger partial charge in [-0.15, -0.1) is 0 Å². The highest BCUT2D eigenvalue weighted by atomic mass is 19.1. The Balaban J connectivity index is 2.27. The zero-order chi connectivity index (χ0) is 16.2. The number of nitrogens with one attached hydrogen (secondary N) is 1. The van der Waals surface area contributed by atoms with Gasteiger partial charge in [0, 0.05) is 18.2 Å². The molecule has 124 valence electrons. The lowest BCUT2D eigenvalue weighted by molar-refractivity contribution is 0.572. The minimum absolute atomic E-state index is 0.142. The second kappa shape index (κ2) is 11.4. The van der Waals surface area contributed by atoms with Crippen LogP contribution in [0.15, 0.2) is 6.07 Å². The first-order valence-corrected chi connectivity index (χ1v) is 9.03. The molecule has 0 bridgehead atoms. The maximum Gasteiger partial charge on any atom is 0.137 e. The molecule has 0 radical (unpaired) electrons. The van der Waals surface area contributed by atoms with Gasteiger partial charge in [0.2, 0.25) is 0 Å². The van der Waals surface area contributed by atoms with Crippen LogP contribution in [0, 0.1) is 23.9 Å². The zero-order valence-corrected chi connectivity index (χ0v) is 14.6. The number of hydrogen-bond donors (Lipinski definition) is 1. The molecule has 0 aromatic heterocycles. The van der Waals surface area contributed by atoms with Crippen molar-refractivity contribution in [3.8, 4) is 0 Å². The summed E-state index contributed by atoms with van der Waals surface area (Å²) in [6, 6.07) is 7.61. The van der Waals surface area contributed by atoms with Crippen molar-refractivity contribution in [1.29, 1.82) is 0 Å². The van der Waals surface area contributed by atoms with Crippen LogP contribution in [0.4, 0.5) is 10.1 Å². The van der Waals surface area contributed by atoms with Crippen LogP contribution >= 0.6 is 0 Å². The van der Waals surface area contributed by atoms with E-state index >= 15 is 0 Å². The SMILES string of the molecule is CCCCCCCCCc1c#cc(NCC(C)CC)cc1F. The molecule has 0 aliphatic rings. The molecule has 1 atom stereocenters. The van der Waals surface area contributed by atoms with Crippen LogP contribution in [0.2, 0.25) is 0 Å². The summed E-state index contributed by atoms with van der Waals surface area (Å²) in [6.07, 6.45) is 10.7. The van der Waals surface area contributed by atoms with E-state index in [0.717, 1.165) is 31.5 Å². The number of halogens is 1. The molecule has 1 N–H and O–H groups in total. The third-order valence-electron chi connectivity index (χ3n) is 4.28. The van der Waals surface area contributed by atoms with Crippen molar-refractivity contribution in [2.24, 2.45) is 5.92 Å². The highest BCUT2D eigenvalue weighted by Gasteiger charge is 2.04. The second-order valence-corrected chi connectivity index (χ2v) is 6.40. The molecule has 1 aromatic carbocycles.